The van der Waals surface area contributed by atoms with Crippen molar-refractivity contribution in [3.05, 3.63) is 87.2 Å². The molecule has 1 N–H and O–H groups in total. The van der Waals surface area contributed by atoms with Gasteiger partial charge in [-0.1, -0.05) is 24.3 Å². The SMILES string of the molecule is C=Nc1[nH]c(=O)n(Cc2cccc(F)c2)c1/C=C(\C)c1cccc(C(F)(F)F)c1. The first-order valence-corrected chi connectivity index (χ1v) is 8.59. The van der Waals surface area contributed by atoms with E-state index in [0.717, 1.165) is 12.1 Å². The number of imidazole rings is 1. The van der Waals surface area contributed by atoms with Gasteiger partial charge < -0.3 is 0 Å². The van der Waals surface area contributed by atoms with Gasteiger partial charge in [0.25, 0.3) is 0 Å². The van der Waals surface area contributed by atoms with Gasteiger partial charge in [0.15, 0.2) is 5.82 Å². The zero-order valence-corrected chi connectivity index (χ0v) is 15.4. The predicted octanol–water partition coefficient (Wildman–Crippen LogP) is 5.28. The van der Waals surface area contributed by atoms with Crippen molar-refractivity contribution in [2.24, 2.45) is 4.99 Å². The Morgan fingerprint density at radius 1 is 1.21 bits per heavy atom. The molecule has 0 bridgehead atoms. The fourth-order valence-electron chi connectivity index (χ4n) is 2.94. The maximum Gasteiger partial charge on any atom is 0.416 e. The van der Waals surface area contributed by atoms with Crippen molar-refractivity contribution >= 4 is 24.2 Å². The number of rotatable bonds is 5. The zero-order chi connectivity index (χ0) is 21.2. The molecule has 0 aliphatic heterocycles. The van der Waals surface area contributed by atoms with E-state index in [0.29, 0.717) is 22.4 Å². The topological polar surface area (TPSA) is 50.1 Å². The monoisotopic (exact) mass is 403 g/mol. The molecule has 2 aromatic carbocycles. The van der Waals surface area contributed by atoms with Gasteiger partial charge in [0.05, 0.1) is 17.8 Å². The Kier molecular flexibility index (Phi) is 5.54. The molecule has 1 heterocycles. The third-order valence-electron chi connectivity index (χ3n) is 4.39. The van der Waals surface area contributed by atoms with Gasteiger partial charge >= 0.3 is 11.9 Å². The third-order valence-corrected chi connectivity index (χ3v) is 4.39. The maximum atomic E-state index is 13.5. The molecule has 1 aromatic heterocycles. The Hall–Kier alpha value is -3.42. The van der Waals surface area contributed by atoms with Crippen LogP contribution < -0.4 is 5.69 Å². The van der Waals surface area contributed by atoms with Crippen molar-refractivity contribution in [3.8, 4) is 0 Å². The number of aliphatic imine (C=N–C) groups is 1. The molecule has 0 spiro atoms. The third kappa shape index (κ3) is 4.53. The van der Waals surface area contributed by atoms with Crippen molar-refractivity contribution in [2.75, 3.05) is 0 Å². The van der Waals surface area contributed by atoms with E-state index in [2.05, 4.69) is 16.7 Å². The number of nitrogens with zero attached hydrogens (tertiary/aromatic N) is 2. The van der Waals surface area contributed by atoms with E-state index >= 15 is 0 Å². The standard InChI is InChI=1S/C21H17F4N3O/c1-13(15-6-4-7-16(11-15)21(23,24)25)9-18-19(26-2)27-20(29)28(18)12-14-5-3-8-17(22)10-14/h3-11H,2,12H2,1H3,(H,27,29)/b13-9+. The lowest BCUT2D eigenvalue weighted by Gasteiger charge is -2.10. The molecular formula is C21H17F4N3O. The maximum absolute atomic E-state index is 13.5. The van der Waals surface area contributed by atoms with Crippen molar-refractivity contribution in [1.29, 1.82) is 0 Å². The van der Waals surface area contributed by atoms with Crippen molar-refractivity contribution in [3.63, 3.8) is 0 Å². The van der Waals surface area contributed by atoms with Crippen molar-refractivity contribution in [1.82, 2.24) is 9.55 Å². The summed E-state index contributed by atoms with van der Waals surface area (Å²) in [6, 6.07) is 10.7. The number of hydrogen-bond acceptors (Lipinski definition) is 2. The Morgan fingerprint density at radius 2 is 1.93 bits per heavy atom. The molecule has 0 unspecified atom stereocenters. The molecule has 0 radical (unpaired) electrons. The molecule has 4 nitrogen and oxygen atoms in total. The Bertz CT molecular complexity index is 1140. The average molecular weight is 403 g/mol. The van der Waals surface area contributed by atoms with Crippen molar-refractivity contribution < 1.29 is 17.6 Å². The van der Waals surface area contributed by atoms with Gasteiger partial charge in [-0.3, -0.25) is 9.55 Å². The normalized spacial score (nSPS) is 12.2. The highest BCUT2D eigenvalue weighted by Crippen LogP contribution is 2.31. The number of nitrogens with one attached hydrogen (secondary N) is 1. The number of halogens is 4. The molecule has 0 aliphatic rings. The van der Waals surface area contributed by atoms with Gasteiger partial charge in [-0.25, -0.2) is 14.2 Å². The molecule has 150 valence electrons. The molecule has 0 atom stereocenters. The molecule has 0 saturated carbocycles. The fraction of sp³-hybridized carbons (Fsp3) is 0.143. The number of H-pyrrole nitrogens is 1. The van der Waals surface area contributed by atoms with Crippen LogP contribution in [0.4, 0.5) is 23.4 Å². The van der Waals surface area contributed by atoms with E-state index in [1.807, 2.05) is 0 Å². The molecule has 3 aromatic rings. The second-order valence-electron chi connectivity index (χ2n) is 6.44. The van der Waals surface area contributed by atoms with Gasteiger partial charge in [0, 0.05) is 0 Å². The Balaban J connectivity index is 2.06. The zero-order valence-electron chi connectivity index (χ0n) is 15.4. The Morgan fingerprint density at radius 3 is 2.59 bits per heavy atom. The molecule has 0 fully saturated rings. The molecule has 0 amide bonds. The average Bonchev–Trinajstić information content (AvgIpc) is 2.96. The molecule has 0 aliphatic carbocycles. The van der Waals surface area contributed by atoms with Crippen LogP contribution in [0.5, 0.6) is 0 Å². The van der Waals surface area contributed by atoms with E-state index in [9.17, 15) is 22.4 Å². The van der Waals surface area contributed by atoms with Crippen LogP contribution in [0.15, 0.2) is 58.3 Å². The highest BCUT2D eigenvalue weighted by Gasteiger charge is 2.30. The van der Waals surface area contributed by atoms with E-state index in [4.69, 9.17) is 0 Å². The number of aromatic nitrogens is 2. The summed E-state index contributed by atoms with van der Waals surface area (Å²) in [5.41, 5.74) is 0.474. The summed E-state index contributed by atoms with van der Waals surface area (Å²) in [5.74, 6) is -0.261. The first kappa shape index (κ1) is 20.3. The summed E-state index contributed by atoms with van der Waals surface area (Å²) in [7, 11) is 0. The summed E-state index contributed by atoms with van der Waals surface area (Å²) >= 11 is 0. The minimum atomic E-state index is -4.46. The number of aromatic amines is 1. The highest BCUT2D eigenvalue weighted by atomic mass is 19.4. The van der Waals surface area contributed by atoms with Crippen molar-refractivity contribution in [2.45, 2.75) is 19.6 Å². The quantitative estimate of drug-likeness (QED) is 0.458. The Labute approximate surface area is 163 Å². The summed E-state index contributed by atoms with van der Waals surface area (Å²) in [6.45, 7) is 5.11. The smallest absolute Gasteiger partial charge is 0.290 e. The van der Waals surface area contributed by atoms with Gasteiger partial charge in [0.1, 0.15) is 5.82 Å². The lowest BCUT2D eigenvalue weighted by Crippen LogP contribution is -2.18. The lowest BCUT2D eigenvalue weighted by molar-refractivity contribution is -0.137. The number of benzene rings is 2. The second-order valence-corrected chi connectivity index (χ2v) is 6.44. The van der Waals surface area contributed by atoms with E-state index < -0.39 is 23.2 Å². The van der Waals surface area contributed by atoms with E-state index in [1.165, 1.54) is 28.8 Å². The van der Waals surface area contributed by atoms with Gasteiger partial charge in [-0.2, -0.15) is 13.2 Å². The first-order valence-electron chi connectivity index (χ1n) is 8.59. The summed E-state index contributed by atoms with van der Waals surface area (Å²) < 4.78 is 53.8. The summed E-state index contributed by atoms with van der Waals surface area (Å²) in [4.78, 5) is 18.7. The first-order chi connectivity index (χ1) is 13.7. The van der Waals surface area contributed by atoms with Crippen LogP contribution in [-0.4, -0.2) is 16.3 Å². The van der Waals surface area contributed by atoms with E-state index in [1.54, 1.807) is 25.1 Å². The van der Waals surface area contributed by atoms with Gasteiger partial charge in [-0.15, -0.1) is 0 Å². The minimum absolute atomic E-state index is 0.0598. The second kappa shape index (κ2) is 7.90. The predicted molar refractivity (Wildman–Crippen MR) is 105 cm³/mol. The molecule has 0 saturated heterocycles. The van der Waals surface area contributed by atoms with Crippen LogP contribution in [-0.2, 0) is 12.7 Å². The fourth-order valence-corrected chi connectivity index (χ4v) is 2.94. The summed E-state index contributed by atoms with van der Waals surface area (Å²) in [5, 5.41) is 0. The summed E-state index contributed by atoms with van der Waals surface area (Å²) in [6.07, 6.45) is -2.91. The van der Waals surface area contributed by atoms with Crippen LogP contribution in [0.25, 0.3) is 11.6 Å². The van der Waals surface area contributed by atoms with Crippen LogP contribution in [0.2, 0.25) is 0 Å². The molecule has 8 heteroatoms. The molecule has 29 heavy (non-hydrogen) atoms. The van der Waals surface area contributed by atoms with Crippen LogP contribution in [0, 0.1) is 5.82 Å². The van der Waals surface area contributed by atoms with Crippen LogP contribution in [0.1, 0.15) is 29.3 Å². The largest absolute Gasteiger partial charge is 0.416 e. The molecular weight excluding hydrogens is 386 g/mol. The van der Waals surface area contributed by atoms with E-state index in [-0.39, 0.29) is 12.4 Å². The molecule has 3 rings (SSSR count). The highest BCUT2D eigenvalue weighted by molar-refractivity contribution is 5.82. The number of allylic oxidation sites excluding steroid dienone is 1. The lowest BCUT2D eigenvalue weighted by atomic mass is 10.0. The van der Waals surface area contributed by atoms with Crippen LogP contribution >= 0.6 is 0 Å². The van der Waals surface area contributed by atoms with Gasteiger partial charge in [0.2, 0.25) is 0 Å². The van der Waals surface area contributed by atoms with Gasteiger partial charge in [-0.05, 0) is 60.7 Å². The van der Waals surface area contributed by atoms with Crippen LogP contribution in [0.3, 0.4) is 0 Å². The minimum Gasteiger partial charge on any atom is -0.290 e. The number of hydrogen-bond donors (Lipinski definition) is 1. The number of alkyl halides is 3.